The fourth-order valence-electron chi connectivity index (χ4n) is 3.07. The summed E-state index contributed by atoms with van der Waals surface area (Å²) in [6.07, 6.45) is 0.750. The van der Waals surface area contributed by atoms with Crippen LogP contribution in [-0.4, -0.2) is 20.9 Å². The molecule has 1 aliphatic rings. The van der Waals surface area contributed by atoms with E-state index in [4.69, 9.17) is 0 Å². The van der Waals surface area contributed by atoms with E-state index in [-0.39, 0.29) is 11.7 Å². The van der Waals surface area contributed by atoms with Crippen molar-refractivity contribution < 1.29 is 17.6 Å². The van der Waals surface area contributed by atoms with Crippen molar-refractivity contribution in [1.82, 2.24) is 0 Å². The van der Waals surface area contributed by atoms with Gasteiger partial charge in [-0.25, -0.2) is 12.8 Å². The number of hydrogen-bond donors (Lipinski definition) is 1. The summed E-state index contributed by atoms with van der Waals surface area (Å²) >= 11 is 0. The monoisotopic (exact) mass is 390 g/mol. The molecular weight excluding hydrogens is 367 g/mol. The molecule has 0 unspecified atom stereocenters. The molecule has 0 aromatic heterocycles. The summed E-state index contributed by atoms with van der Waals surface area (Å²) in [5, 5.41) is 0. The Morgan fingerprint density at radius 3 is 2.44 bits per heavy atom. The van der Waals surface area contributed by atoms with Gasteiger partial charge in [-0.2, -0.15) is 0 Å². The molecule has 0 saturated carbocycles. The fraction of sp³-hybridized carbons (Fsp3) is 0.350. The number of rotatable bonds is 4. The normalized spacial score (nSPS) is 14.1. The zero-order chi connectivity index (χ0) is 19.8. The van der Waals surface area contributed by atoms with E-state index in [1.54, 1.807) is 17.0 Å². The Bertz CT molecular complexity index is 964. The van der Waals surface area contributed by atoms with Crippen LogP contribution < -0.4 is 9.62 Å². The second-order valence-electron chi connectivity index (χ2n) is 7.79. The molecule has 3 rings (SSSR count). The number of carbonyl (C=O) groups is 1. The molecule has 0 saturated heterocycles. The van der Waals surface area contributed by atoms with E-state index in [2.05, 4.69) is 4.72 Å². The number of amides is 1. The number of nitrogens with zero attached hydrogens (tertiary/aromatic N) is 1. The molecule has 0 fully saturated rings. The van der Waals surface area contributed by atoms with E-state index in [9.17, 15) is 17.6 Å². The highest BCUT2D eigenvalue weighted by atomic mass is 32.2. The van der Waals surface area contributed by atoms with Gasteiger partial charge in [0.15, 0.2) is 0 Å². The zero-order valence-corrected chi connectivity index (χ0v) is 16.4. The predicted octanol–water partition coefficient (Wildman–Crippen LogP) is 3.70. The molecule has 0 bridgehead atoms. The van der Waals surface area contributed by atoms with Gasteiger partial charge < -0.3 is 4.90 Å². The van der Waals surface area contributed by atoms with Gasteiger partial charge in [0.05, 0.1) is 11.4 Å². The lowest BCUT2D eigenvalue weighted by atomic mass is 9.94. The van der Waals surface area contributed by atoms with Crippen molar-refractivity contribution >= 4 is 27.3 Å². The van der Waals surface area contributed by atoms with Crippen LogP contribution in [-0.2, 0) is 27.0 Å². The van der Waals surface area contributed by atoms with Gasteiger partial charge >= 0.3 is 0 Å². The van der Waals surface area contributed by atoms with Crippen LogP contribution in [0.25, 0.3) is 0 Å². The number of carbonyl (C=O) groups excluding carboxylic acids is 1. The molecule has 0 atom stereocenters. The number of halogens is 1. The molecule has 1 N–H and O–H groups in total. The minimum absolute atomic E-state index is 0.00701. The highest BCUT2D eigenvalue weighted by Crippen LogP contribution is 2.34. The van der Waals surface area contributed by atoms with Crippen molar-refractivity contribution in [1.29, 1.82) is 0 Å². The Balaban J connectivity index is 1.80. The lowest BCUT2D eigenvalue weighted by Crippen LogP contribution is -2.38. The molecule has 27 heavy (non-hydrogen) atoms. The molecule has 1 aliphatic heterocycles. The van der Waals surface area contributed by atoms with Crippen LogP contribution in [0, 0.1) is 11.2 Å². The summed E-state index contributed by atoms with van der Waals surface area (Å²) in [5.41, 5.74) is 2.16. The maximum Gasteiger partial charge on any atom is 0.236 e. The van der Waals surface area contributed by atoms with E-state index in [1.165, 1.54) is 24.3 Å². The summed E-state index contributed by atoms with van der Waals surface area (Å²) in [4.78, 5) is 14.4. The van der Waals surface area contributed by atoms with E-state index in [1.807, 2.05) is 26.8 Å². The third kappa shape index (κ3) is 4.47. The third-order valence-corrected chi connectivity index (χ3v) is 5.67. The van der Waals surface area contributed by atoms with Crippen LogP contribution in [0.2, 0.25) is 0 Å². The zero-order valence-electron chi connectivity index (χ0n) is 15.6. The Morgan fingerprint density at radius 1 is 1.15 bits per heavy atom. The maximum atomic E-state index is 13.0. The summed E-state index contributed by atoms with van der Waals surface area (Å²) in [6.45, 7) is 6.19. The SMILES string of the molecule is CC(C)(C)C(=O)N1CCc2ccc(NS(=O)(=O)Cc3ccc(F)cc3)cc21. The summed E-state index contributed by atoms with van der Waals surface area (Å²) < 4.78 is 40.4. The van der Waals surface area contributed by atoms with Crippen LogP contribution in [0.5, 0.6) is 0 Å². The van der Waals surface area contributed by atoms with Crippen molar-refractivity contribution in [2.75, 3.05) is 16.2 Å². The number of hydrogen-bond acceptors (Lipinski definition) is 3. The van der Waals surface area contributed by atoms with Crippen molar-refractivity contribution in [3.8, 4) is 0 Å². The molecule has 2 aromatic carbocycles. The van der Waals surface area contributed by atoms with E-state index < -0.39 is 21.3 Å². The second-order valence-corrected chi connectivity index (χ2v) is 9.51. The van der Waals surface area contributed by atoms with Crippen molar-refractivity contribution in [2.45, 2.75) is 32.9 Å². The van der Waals surface area contributed by atoms with Crippen LogP contribution >= 0.6 is 0 Å². The Kier molecular flexibility index (Phi) is 4.99. The Hall–Kier alpha value is -2.41. The summed E-state index contributed by atoms with van der Waals surface area (Å²) in [7, 11) is -3.66. The average molecular weight is 390 g/mol. The maximum absolute atomic E-state index is 13.0. The molecule has 2 aromatic rings. The van der Waals surface area contributed by atoms with Gasteiger partial charge in [0.2, 0.25) is 15.9 Å². The van der Waals surface area contributed by atoms with E-state index in [0.717, 1.165) is 17.7 Å². The first-order valence-electron chi connectivity index (χ1n) is 8.75. The van der Waals surface area contributed by atoms with Crippen molar-refractivity contribution in [3.63, 3.8) is 0 Å². The van der Waals surface area contributed by atoms with Gasteiger partial charge in [-0.15, -0.1) is 0 Å². The Morgan fingerprint density at radius 2 is 1.81 bits per heavy atom. The van der Waals surface area contributed by atoms with Gasteiger partial charge in [0.25, 0.3) is 0 Å². The second kappa shape index (κ2) is 6.96. The minimum Gasteiger partial charge on any atom is -0.311 e. The van der Waals surface area contributed by atoms with Gasteiger partial charge in [0, 0.05) is 17.6 Å². The number of nitrogens with one attached hydrogen (secondary N) is 1. The summed E-state index contributed by atoms with van der Waals surface area (Å²) in [6, 6.07) is 10.6. The first kappa shape index (κ1) is 19.4. The molecule has 144 valence electrons. The highest BCUT2D eigenvalue weighted by molar-refractivity contribution is 7.91. The number of benzene rings is 2. The van der Waals surface area contributed by atoms with Crippen molar-refractivity contribution in [3.05, 3.63) is 59.4 Å². The van der Waals surface area contributed by atoms with Gasteiger partial charge in [0.1, 0.15) is 5.82 Å². The molecular formula is C20H23FN2O3S. The molecule has 0 radical (unpaired) electrons. The summed E-state index contributed by atoms with van der Waals surface area (Å²) in [5.74, 6) is -0.659. The molecule has 0 spiro atoms. The van der Waals surface area contributed by atoms with Crippen LogP contribution in [0.1, 0.15) is 31.9 Å². The number of anilines is 2. The molecule has 7 heteroatoms. The first-order chi connectivity index (χ1) is 12.5. The molecule has 5 nitrogen and oxygen atoms in total. The quantitative estimate of drug-likeness (QED) is 0.866. The largest absolute Gasteiger partial charge is 0.311 e. The number of fused-ring (bicyclic) bond motifs is 1. The highest BCUT2D eigenvalue weighted by Gasteiger charge is 2.32. The first-order valence-corrected chi connectivity index (χ1v) is 10.4. The fourth-order valence-corrected chi connectivity index (χ4v) is 4.26. The molecule has 1 heterocycles. The van der Waals surface area contributed by atoms with E-state index in [0.29, 0.717) is 17.8 Å². The van der Waals surface area contributed by atoms with Crippen molar-refractivity contribution in [2.24, 2.45) is 5.41 Å². The van der Waals surface area contributed by atoms with Crippen LogP contribution in [0.15, 0.2) is 42.5 Å². The number of sulfonamides is 1. The van der Waals surface area contributed by atoms with E-state index >= 15 is 0 Å². The minimum atomic E-state index is -3.66. The van der Waals surface area contributed by atoms with Gasteiger partial charge in [-0.05, 0) is 41.8 Å². The Labute approximate surface area is 159 Å². The lowest BCUT2D eigenvalue weighted by molar-refractivity contribution is -0.125. The lowest BCUT2D eigenvalue weighted by Gasteiger charge is -2.26. The standard InChI is InChI=1S/C20H23FN2O3S/c1-20(2,3)19(24)23-11-10-15-6-9-17(12-18(15)23)22-27(25,26)13-14-4-7-16(21)8-5-14/h4-9,12,22H,10-11,13H2,1-3H3. The van der Waals surface area contributed by atoms with Crippen LogP contribution in [0.3, 0.4) is 0 Å². The predicted molar refractivity (Wildman–Crippen MR) is 105 cm³/mol. The van der Waals surface area contributed by atoms with Crippen LogP contribution in [0.4, 0.5) is 15.8 Å². The smallest absolute Gasteiger partial charge is 0.236 e. The van der Waals surface area contributed by atoms with Gasteiger partial charge in [-0.3, -0.25) is 9.52 Å². The molecule has 0 aliphatic carbocycles. The topological polar surface area (TPSA) is 66.5 Å². The molecule has 1 amide bonds. The van der Waals surface area contributed by atoms with Gasteiger partial charge in [-0.1, -0.05) is 39.0 Å². The third-order valence-electron chi connectivity index (χ3n) is 4.41. The average Bonchev–Trinajstić information content (AvgIpc) is 2.97.